The smallest absolute Gasteiger partial charge is 0.0894 e. The molecule has 0 unspecified atom stereocenters. The van der Waals surface area contributed by atoms with Gasteiger partial charge in [0.05, 0.1) is 22.9 Å². The van der Waals surface area contributed by atoms with E-state index in [0.29, 0.717) is 0 Å². The highest BCUT2D eigenvalue weighted by molar-refractivity contribution is 5.76. The summed E-state index contributed by atoms with van der Waals surface area (Å²) in [5.41, 5.74) is 3.88. The molecule has 1 heterocycles. The summed E-state index contributed by atoms with van der Waals surface area (Å²) in [5.74, 6) is 0. The van der Waals surface area contributed by atoms with Crippen molar-refractivity contribution in [3.05, 3.63) is 72.1 Å². The lowest BCUT2D eigenvalue weighted by molar-refractivity contribution is 1.27. The third kappa shape index (κ3) is 2.28. The SMILES string of the molecule is C(=C\c1cnc2ccccc2n1)/c1ccccc1. The molecule has 0 aliphatic heterocycles. The van der Waals surface area contributed by atoms with E-state index in [0.717, 1.165) is 22.3 Å². The van der Waals surface area contributed by atoms with Crippen LogP contribution in [0.25, 0.3) is 23.2 Å². The van der Waals surface area contributed by atoms with Crippen molar-refractivity contribution in [1.29, 1.82) is 0 Å². The van der Waals surface area contributed by atoms with Gasteiger partial charge in [0.25, 0.3) is 0 Å². The number of benzene rings is 2. The van der Waals surface area contributed by atoms with Crippen molar-refractivity contribution in [2.24, 2.45) is 0 Å². The van der Waals surface area contributed by atoms with Crippen LogP contribution in [0.5, 0.6) is 0 Å². The van der Waals surface area contributed by atoms with Gasteiger partial charge in [-0.15, -0.1) is 0 Å². The minimum atomic E-state index is 0.873. The maximum absolute atomic E-state index is 4.54. The van der Waals surface area contributed by atoms with Crippen LogP contribution in [-0.4, -0.2) is 9.97 Å². The third-order valence-corrected chi connectivity index (χ3v) is 2.71. The largest absolute Gasteiger partial charge is 0.252 e. The predicted octanol–water partition coefficient (Wildman–Crippen LogP) is 3.80. The summed E-state index contributed by atoms with van der Waals surface area (Å²) in [6.07, 6.45) is 5.81. The Kier molecular flexibility index (Phi) is 2.84. The molecule has 0 spiro atoms. The maximum atomic E-state index is 4.54. The van der Waals surface area contributed by atoms with Crippen molar-refractivity contribution in [3.8, 4) is 0 Å². The van der Waals surface area contributed by atoms with Crippen LogP contribution >= 0.6 is 0 Å². The minimum absolute atomic E-state index is 0.873. The van der Waals surface area contributed by atoms with E-state index in [1.165, 1.54) is 0 Å². The van der Waals surface area contributed by atoms with Crippen LogP contribution in [0, 0.1) is 0 Å². The summed E-state index contributed by atoms with van der Waals surface area (Å²) in [6.45, 7) is 0. The molecule has 0 saturated heterocycles. The van der Waals surface area contributed by atoms with Gasteiger partial charge in [0.2, 0.25) is 0 Å². The Labute approximate surface area is 106 Å². The lowest BCUT2D eigenvalue weighted by Gasteiger charge is -1.97. The highest BCUT2D eigenvalue weighted by Crippen LogP contribution is 2.10. The van der Waals surface area contributed by atoms with Crippen molar-refractivity contribution >= 4 is 23.2 Å². The molecule has 0 N–H and O–H groups in total. The average molecular weight is 232 g/mol. The molecule has 3 rings (SSSR count). The number of hydrogen-bond acceptors (Lipinski definition) is 2. The fourth-order valence-corrected chi connectivity index (χ4v) is 1.80. The zero-order valence-corrected chi connectivity index (χ0v) is 9.82. The molecule has 2 heteroatoms. The number of fused-ring (bicyclic) bond motifs is 1. The Morgan fingerprint density at radius 1 is 0.722 bits per heavy atom. The number of nitrogens with zero attached hydrogens (tertiary/aromatic N) is 2. The Balaban J connectivity index is 1.93. The van der Waals surface area contributed by atoms with Crippen LogP contribution in [0.15, 0.2) is 60.8 Å². The van der Waals surface area contributed by atoms with Gasteiger partial charge in [-0.05, 0) is 23.8 Å². The zero-order valence-electron chi connectivity index (χ0n) is 9.82. The zero-order chi connectivity index (χ0) is 12.2. The Morgan fingerprint density at radius 3 is 2.28 bits per heavy atom. The monoisotopic (exact) mass is 232 g/mol. The summed E-state index contributed by atoms with van der Waals surface area (Å²) in [5, 5.41) is 0. The average Bonchev–Trinajstić information content (AvgIpc) is 2.46. The molecule has 0 bridgehead atoms. The predicted molar refractivity (Wildman–Crippen MR) is 74.9 cm³/mol. The molecule has 0 amide bonds. The van der Waals surface area contributed by atoms with Crippen molar-refractivity contribution in [1.82, 2.24) is 9.97 Å². The first-order chi connectivity index (χ1) is 8.92. The van der Waals surface area contributed by atoms with Gasteiger partial charge in [0.15, 0.2) is 0 Å². The number of para-hydroxylation sites is 2. The van der Waals surface area contributed by atoms with Crippen LogP contribution in [0.2, 0.25) is 0 Å². The van der Waals surface area contributed by atoms with Crippen molar-refractivity contribution in [2.45, 2.75) is 0 Å². The van der Waals surface area contributed by atoms with E-state index < -0.39 is 0 Å². The van der Waals surface area contributed by atoms with Gasteiger partial charge in [-0.2, -0.15) is 0 Å². The molecule has 18 heavy (non-hydrogen) atoms. The first kappa shape index (κ1) is 10.7. The van der Waals surface area contributed by atoms with Crippen molar-refractivity contribution in [2.75, 3.05) is 0 Å². The van der Waals surface area contributed by atoms with Gasteiger partial charge in [-0.1, -0.05) is 48.5 Å². The second-order valence-corrected chi connectivity index (χ2v) is 4.03. The van der Waals surface area contributed by atoms with E-state index in [9.17, 15) is 0 Å². The Hall–Kier alpha value is -2.48. The normalized spacial score (nSPS) is 11.1. The van der Waals surface area contributed by atoms with Crippen LogP contribution < -0.4 is 0 Å². The molecule has 0 atom stereocenters. The highest BCUT2D eigenvalue weighted by atomic mass is 14.8. The van der Waals surface area contributed by atoms with Gasteiger partial charge in [0, 0.05) is 0 Å². The topological polar surface area (TPSA) is 25.8 Å². The van der Waals surface area contributed by atoms with E-state index in [1.54, 1.807) is 6.20 Å². The Bertz CT molecular complexity index is 688. The standard InChI is InChI=1S/C16H12N2/c1-2-6-13(7-3-1)10-11-14-12-17-15-8-4-5-9-16(15)18-14/h1-12H/b11-10+. The van der Waals surface area contributed by atoms with E-state index in [-0.39, 0.29) is 0 Å². The number of aromatic nitrogens is 2. The number of hydrogen-bond donors (Lipinski definition) is 0. The molecule has 0 radical (unpaired) electrons. The van der Waals surface area contributed by atoms with Crippen LogP contribution in [0.1, 0.15) is 11.3 Å². The van der Waals surface area contributed by atoms with Crippen LogP contribution in [0.3, 0.4) is 0 Å². The molecule has 0 aliphatic carbocycles. The van der Waals surface area contributed by atoms with Gasteiger partial charge in [-0.25, -0.2) is 4.98 Å². The number of rotatable bonds is 2. The quantitative estimate of drug-likeness (QED) is 0.671. The highest BCUT2D eigenvalue weighted by Gasteiger charge is 1.95. The lowest BCUT2D eigenvalue weighted by atomic mass is 10.2. The van der Waals surface area contributed by atoms with Gasteiger partial charge in [0.1, 0.15) is 0 Å². The molecule has 2 nitrogen and oxygen atoms in total. The van der Waals surface area contributed by atoms with Gasteiger partial charge < -0.3 is 0 Å². The second kappa shape index (κ2) is 4.80. The van der Waals surface area contributed by atoms with E-state index in [1.807, 2.05) is 54.6 Å². The maximum Gasteiger partial charge on any atom is 0.0894 e. The van der Waals surface area contributed by atoms with E-state index in [2.05, 4.69) is 22.1 Å². The second-order valence-electron chi connectivity index (χ2n) is 4.03. The molecule has 86 valence electrons. The molecule has 0 aliphatic rings. The molecular weight excluding hydrogens is 220 g/mol. The molecule has 3 aromatic rings. The first-order valence-corrected chi connectivity index (χ1v) is 5.87. The van der Waals surface area contributed by atoms with Crippen molar-refractivity contribution in [3.63, 3.8) is 0 Å². The molecule has 0 fully saturated rings. The van der Waals surface area contributed by atoms with Gasteiger partial charge >= 0.3 is 0 Å². The van der Waals surface area contributed by atoms with Crippen molar-refractivity contribution < 1.29 is 0 Å². The molecule has 1 aromatic heterocycles. The molecule has 2 aromatic carbocycles. The fraction of sp³-hybridized carbons (Fsp3) is 0. The van der Waals surface area contributed by atoms with Crippen LogP contribution in [-0.2, 0) is 0 Å². The fourth-order valence-electron chi connectivity index (χ4n) is 1.80. The first-order valence-electron chi connectivity index (χ1n) is 5.87. The lowest BCUT2D eigenvalue weighted by Crippen LogP contribution is -1.86. The van der Waals surface area contributed by atoms with E-state index in [4.69, 9.17) is 0 Å². The third-order valence-electron chi connectivity index (χ3n) is 2.71. The minimum Gasteiger partial charge on any atom is -0.252 e. The molecular formula is C16H12N2. The Morgan fingerprint density at radius 2 is 1.44 bits per heavy atom. The summed E-state index contributed by atoms with van der Waals surface area (Å²) >= 11 is 0. The van der Waals surface area contributed by atoms with Crippen LogP contribution in [0.4, 0.5) is 0 Å². The molecule has 0 saturated carbocycles. The van der Waals surface area contributed by atoms with Gasteiger partial charge in [-0.3, -0.25) is 4.98 Å². The summed E-state index contributed by atoms with van der Waals surface area (Å²) in [4.78, 5) is 8.92. The summed E-state index contributed by atoms with van der Waals surface area (Å²) in [7, 11) is 0. The summed E-state index contributed by atoms with van der Waals surface area (Å²) in [6, 6.07) is 18.0. The van der Waals surface area contributed by atoms with E-state index >= 15 is 0 Å². The summed E-state index contributed by atoms with van der Waals surface area (Å²) < 4.78 is 0.